The summed E-state index contributed by atoms with van der Waals surface area (Å²) in [6.45, 7) is 4.33. The van der Waals surface area contributed by atoms with E-state index in [1.165, 1.54) is 57.8 Å². The van der Waals surface area contributed by atoms with Crippen LogP contribution < -0.4 is 5.32 Å². The number of ether oxygens (including phenoxy) is 1. The quantitative estimate of drug-likeness (QED) is 0.814. The first-order valence-electron chi connectivity index (χ1n) is 7.70. The molecule has 0 aromatic carbocycles. The summed E-state index contributed by atoms with van der Waals surface area (Å²) >= 11 is 0. The maximum Gasteiger partial charge on any atom is 0.0469 e. The van der Waals surface area contributed by atoms with Crippen molar-refractivity contribution in [3.63, 3.8) is 0 Å². The number of hydrogen-bond donors (Lipinski definition) is 1. The van der Waals surface area contributed by atoms with Gasteiger partial charge in [-0.15, -0.1) is 0 Å². The van der Waals surface area contributed by atoms with Crippen molar-refractivity contribution in [2.24, 2.45) is 5.92 Å². The molecule has 100 valence electrons. The summed E-state index contributed by atoms with van der Waals surface area (Å²) in [5.74, 6) is 0.842. The molecular formula is C15H29NO. The molecule has 1 aliphatic carbocycles. The van der Waals surface area contributed by atoms with Crippen LogP contribution in [0.3, 0.4) is 0 Å². The monoisotopic (exact) mass is 239 g/mol. The lowest BCUT2D eigenvalue weighted by Crippen LogP contribution is -2.42. The average Bonchev–Trinajstić information content (AvgIpc) is 2.33. The summed E-state index contributed by atoms with van der Waals surface area (Å²) in [7, 11) is 0. The van der Waals surface area contributed by atoms with Gasteiger partial charge in [-0.05, 0) is 38.5 Å². The highest BCUT2D eigenvalue weighted by molar-refractivity contribution is 4.79. The first kappa shape index (κ1) is 13.4. The summed E-state index contributed by atoms with van der Waals surface area (Å²) in [6, 6.07) is 1.47. The zero-order chi connectivity index (χ0) is 11.9. The highest BCUT2D eigenvalue weighted by atomic mass is 16.5. The van der Waals surface area contributed by atoms with Gasteiger partial charge in [0.1, 0.15) is 0 Å². The normalized spacial score (nSPS) is 27.4. The minimum atomic E-state index is 0.684. The van der Waals surface area contributed by atoms with E-state index in [1.54, 1.807) is 0 Å². The molecule has 2 nitrogen and oxygen atoms in total. The minimum Gasteiger partial charge on any atom is -0.381 e. The van der Waals surface area contributed by atoms with E-state index >= 15 is 0 Å². The predicted octanol–water partition coefficient (Wildman–Crippen LogP) is 3.50. The summed E-state index contributed by atoms with van der Waals surface area (Å²) in [6.07, 6.45) is 12.5. The van der Waals surface area contributed by atoms with E-state index in [2.05, 4.69) is 12.2 Å². The Morgan fingerprint density at radius 1 is 0.882 bits per heavy atom. The average molecular weight is 239 g/mol. The number of nitrogens with one attached hydrogen (secondary N) is 1. The van der Waals surface area contributed by atoms with Crippen LogP contribution in [-0.2, 0) is 4.74 Å². The zero-order valence-corrected chi connectivity index (χ0v) is 11.4. The molecule has 2 rings (SSSR count). The molecule has 1 unspecified atom stereocenters. The van der Waals surface area contributed by atoms with E-state index in [0.717, 1.165) is 25.2 Å². The van der Waals surface area contributed by atoms with Gasteiger partial charge >= 0.3 is 0 Å². The van der Waals surface area contributed by atoms with Gasteiger partial charge in [0.15, 0.2) is 0 Å². The molecule has 0 bridgehead atoms. The summed E-state index contributed by atoms with van der Waals surface area (Å²) in [5.41, 5.74) is 0. The van der Waals surface area contributed by atoms with Gasteiger partial charge in [-0.25, -0.2) is 0 Å². The van der Waals surface area contributed by atoms with Gasteiger partial charge < -0.3 is 10.1 Å². The Balaban J connectivity index is 1.73. The van der Waals surface area contributed by atoms with E-state index in [0.29, 0.717) is 6.04 Å². The molecule has 2 aliphatic rings. The Kier molecular flexibility index (Phi) is 5.79. The molecule has 0 spiro atoms. The molecule has 2 heteroatoms. The van der Waals surface area contributed by atoms with Crippen molar-refractivity contribution in [1.29, 1.82) is 0 Å². The number of hydrogen-bond acceptors (Lipinski definition) is 2. The Bertz CT molecular complexity index is 193. The molecule has 1 aliphatic heterocycles. The fourth-order valence-corrected chi connectivity index (χ4v) is 3.35. The molecular weight excluding hydrogens is 210 g/mol. The third kappa shape index (κ3) is 4.59. The van der Waals surface area contributed by atoms with E-state index < -0.39 is 0 Å². The smallest absolute Gasteiger partial charge is 0.0469 e. The second-order valence-corrected chi connectivity index (χ2v) is 5.95. The second kappa shape index (κ2) is 7.38. The van der Waals surface area contributed by atoms with E-state index in [4.69, 9.17) is 4.74 Å². The fourth-order valence-electron chi connectivity index (χ4n) is 3.35. The van der Waals surface area contributed by atoms with Crippen molar-refractivity contribution in [2.45, 2.75) is 76.8 Å². The van der Waals surface area contributed by atoms with Crippen LogP contribution in [0.15, 0.2) is 0 Å². The van der Waals surface area contributed by atoms with E-state index in [1.807, 2.05) is 0 Å². The molecule has 1 saturated heterocycles. The van der Waals surface area contributed by atoms with Gasteiger partial charge in [0, 0.05) is 25.3 Å². The van der Waals surface area contributed by atoms with Crippen molar-refractivity contribution in [2.75, 3.05) is 13.2 Å². The van der Waals surface area contributed by atoms with Gasteiger partial charge in [-0.2, -0.15) is 0 Å². The van der Waals surface area contributed by atoms with Gasteiger partial charge in [-0.3, -0.25) is 0 Å². The third-order valence-electron chi connectivity index (χ3n) is 4.58. The summed E-state index contributed by atoms with van der Waals surface area (Å²) in [5, 5.41) is 3.90. The molecule has 0 aromatic heterocycles. The Morgan fingerprint density at radius 3 is 2.12 bits per heavy atom. The summed E-state index contributed by atoms with van der Waals surface area (Å²) in [4.78, 5) is 0. The lowest BCUT2D eigenvalue weighted by Gasteiger charge is -2.32. The predicted molar refractivity (Wildman–Crippen MR) is 72.2 cm³/mol. The zero-order valence-electron chi connectivity index (χ0n) is 11.4. The molecule has 2 fully saturated rings. The fraction of sp³-hybridized carbons (Fsp3) is 1.00. The Morgan fingerprint density at radius 2 is 1.47 bits per heavy atom. The summed E-state index contributed by atoms with van der Waals surface area (Å²) < 4.78 is 5.45. The Hall–Kier alpha value is -0.0800. The molecule has 1 heterocycles. The van der Waals surface area contributed by atoms with E-state index in [9.17, 15) is 0 Å². The Labute approximate surface area is 107 Å². The maximum atomic E-state index is 5.45. The van der Waals surface area contributed by atoms with Crippen LogP contribution in [0, 0.1) is 5.92 Å². The topological polar surface area (TPSA) is 21.3 Å². The molecule has 1 saturated carbocycles. The van der Waals surface area contributed by atoms with Gasteiger partial charge in [-0.1, -0.05) is 32.1 Å². The van der Waals surface area contributed by atoms with Crippen LogP contribution >= 0.6 is 0 Å². The van der Waals surface area contributed by atoms with Crippen molar-refractivity contribution < 1.29 is 4.74 Å². The second-order valence-electron chi connectivity index (χ2n) is 5.95. The molecule has 17 heavy (non-hydrogen) atoms. The highest BCUT2D eigenvalue weighted by Gasteiger charge is 2.22. The van der Waals surface area contributed by atoms with Crippen molar-refractivity contribution >= 4 is 0 Å². The standard InChI is InChI=1S/C15H29NO/c1-13(14-9-11-17-12-10-14)16-15-7-5-3-2-4-6-8-15/h13-16H,2-12H2,1H3. The largest absolute Gasteiger partial charge is 0.381 e. The lowest BCUT2D eigenvalue weighted by atomic mass is 9.90. The van der Waals surface area contributed by atoms with Crippen LogP contribution in [0.1, 0.15) is 64.7 Å². The molecule has 1 atom stereocenters. The van der Waals surface area contributed by atoms with Gasteiger partial charge in [0.2, 0.25) is 0 Å². The number of rotatable bonds is 3. The molecule has 0 aromatic rings. The van der Waals surface area contributed by atoms with Crippen LogP contribution in [-0.4, -0.2) is 25.3 Å². The van der Waals surface area contributed by atoms with Crippen molar-refractivity contribution in [3.05, 3.63) is 0 Å². The molecule has 1 N–H and O–H groups in total. The van der Waals surface area contributed by atoms with Crippen LogP contribution in [0.2, 0.25) is 0 Å². The van der Waals surface area contributed by atoms with Crippen LogP contribution in [0.5, 0.6) is 0 Å². The van der Waals surface area contributed by atoms with Crippen LogP contribution in [0.4, 0.5) is 0 Å². The van der Waals surface area contributed by atoms with Crippen molar-refractivity contribution in [3.8, 4) is 0 Å². The van der Waals surface area contributed by atoms with E-state index in [-0.39, 0.29) is 0 Å². The first-order valence-corrected chi connectivity index (χ1v) is 7.70. The van der Waals surface area contributed by atoms with Crippen LogP contribution in [0.25, 0.3) is 0 Å². The maximum absolute atomic E-state index is 5.45. The SMILES string of the molecule is CC(NC1CCCCCCC1)C1CCOCC1. The van der Waals surface area contributed by atoms with Gasteiger partial charge in [0.05, 0.1) is 0 Å². The molecule has 0 radical (unpaired) electrons. The van der Waals surface area contributed by atoms with Gasteiger partial charge in [0.25, 0.3) is 0 Å². The lowest BCUT2D eigenvalue weighted by molar-refractivity contribution is 0.0538. The third-order valence-corrected chi connectivity index (χ3v) is 4.58. The van der Waals surface area contributed by atoms with Crippen molar-refractivity contribution in [1.82, 2.24) is 5.32 Å². The molecule has 0 amide bonds. The highest BCUT2D eigenvalue weighted by Crippen LogP contribution is 2.22. The first-order chi connectivity index (χ1) is 8.36. The minimum absolute atomic E-state index is 0.684.